The number of hydrogen-bond acceptors (Lipinski definition) is 2. The van der Waals surface area contributed by atoms with Gasteiger partial charge in [0, 0.05) is 35.9 Å². The number of imidazole rings is 1. The van der Waals surface area contributed by atoms with Gasteiger partial charge < -0.3 is 4.57 Å². The van der Waals surface area contributed by atoms with Crippen LogP contribution < -0.4 is 0 Å². The molecule has 3 nitrogen and oxygen atoms in total. The van der Waals surface area contributed by atoms with Crippen LogP contribution in [-0.2, 0) is 13.0 Å². The molecule has 1 heterocycles. The van der Waals surface area contributed by atoms with Crippen LogP contribution in [0.1, 0.15) is 25.6 Å². The lowest BCUT2D eigenvalue weighted by molar-refractivity contribution is 0.266. The van der Waals surface area contributed by atoms with Gasteiger partial charge in [0.05, 0.1) is 11.0 Å². The standard InChI is InChI=1S/C16H21BrClN3/c1-2-20(13-4-5-13)9-10-21-15-6-3-12(17)11-14(15)19-16(21)7-8-18/h3,6,11,13H,2,4-5,7-10H2,1H3. The molecule has 1 aliphatic rings. The smallest absolute Gasteiger partial charge is 0.111 e. The Morgan fingerprint density at radius 3 is 2.90 bits per heavy atom. The maximum Gasteiger partial charge on any atom is 0.111 e. The Hall–Kier alpha value is -0.580. The average molecular weight is 371 g/mol. The maximum absolute atomic E-state index is 5.94. The highest BCUT2D eigenvalue weighted by Crippen LogP contribution is 2.27. The predicted octanol–water partition coefficient (Wildman–Crippen LogP) is 4.06. The van der Waals surface area contributed by atoms with E-state index in [0.29, 0.717) is 5.88 Å². The zero-order chi connectivity index (χ0) is 14.8. The molecule has 0 atom stereocenters. The lowest BCUT2D eigenvalue weighted by atomic mass is 10.3. The number of rotatable bonds is 7. The second-order valence-electron chi connectivity index (χ2n) is 5.61. The first kappa shape index (κ1) is 15.3. The zero-order valence-electron chi connectivity index (χ0n) is 12.4. The summed E-state index contributed by atoms with van der Waals surface area (Å²) in [4.78, 5) is 7.34. The van der Waals surface area contributed by atoms with Gasteiger partial charge in [0.1, 0.15) is 5.82 Å². The SMILES string of the molecule is CCN(CCn1c(CCCl)nc2cc(Br)ccc21)C1CC1. The van der Waals surface area contributed by atoms with E-state index in [-0.39, 0.29) is 0 Å². The van der Waals surface area contributed by atoms with Crippen molar-refractivity contribution < 1.29 is 0 Å². The van der Waals surface area contributed by atoms with E-state index in [9.17, 15) is 0 Å². The van der Waals surface area contributed by atoms with Crippen LogP contribution in [0.2, 0.25) is 0 Å². The van der Waals surface area contributed by atoms with Crippen molar-refractivity contribution in [1.82, 2.24) is 14.5 Å². The Morgan fingerprint density at radius 1 is 1.43 bits per heavy atom. The van der Waals surface area contributed by atoms with Crippen LogP contribution in [0.3, 0.4) is 0 Å². The second-order valence-corrected chi connectivity index (χ2v) is 6.91. The van der Waals surface area contributed by atoms with Gasteiger partial charge in [-0.05, 0) is 37.6 Å². The number of aromatic nitrogens is 2. The predicted molar refractivity (Wildman–Crippen MR) is 92.1 cm³/mol. The summed E-state index contributed by atoms with van der Waals surface area (Å²) >= 11 is 9.47. The number of likely N-dealkylation sites (N-methyl/N-ethyl adjacent to an activating group) is 1. The molecule has 1 aromatic heterocycles. The summed E-state index contributed by atoms with van der Waals surface area (Å²) in [7, 11) is 0. The van der Waals surface area contributed by atoms with Crippen LogP contribution in [0, 0.1) is 0 Å². The minimum Gasteiger partial charge on any atom is -0.327 e. The fourth-order valence-electron chi connectivity index (χ4n) is 2.94. The van der Waals surface area contributed by atoms with E-state index in [0.717, 1.165) is 47.9 Å². The third kappa shape index (κ3) is 3.43. The highest BCUT2D eigenvalue weighted by atomic mass is 79.9. The summed E-state index contributed by atoms with van der Waals surface area (Å²) in [5.41, 5.74) is 2.27. The Morgan fingerprint density at radius 2 is 2.24 bits per heavy atom. The number of nitrogens with zero attached hydrogens (tertiary/aromatic N) is 3. The molecule has 0 radical (unpaired) electrons. The molecule has 0 aliphatic heterocycles. The largest absolute Gasteiger partial charge is 0.327 e. The minimum absolute atomic E-state index is 0.616. The number of alkyl halides is 1. The first-order valence-corrected chi connectivity index (χ1v) is 9.00. The van der Waals surface area contributed by atoms with E-state index in [1.54, 1.807) is 0 Å². The molecule has 0 bridgehead atoms. The lowest BCUT2D eigenvalue weighted by Crippen LogP contribution is -2.29. The van der Waals surface area contributed by atoms with Crippen molar-refractivity contribution in [3.8, 4) is 0 Å². The molecule has 0 spiro atoms. The van der Waals surface area contributed by atoms with Crippen molar-refractivity contribution in [2.45, 2.75) is 38.8 Å². The maximum atomic E-state index is 5.94. The third-order valence-electron chi connectivity index (χ3n) is 4.19. The monoisotopic (exact) mass is 369 g/mol. The summed E-state index contributed by atoms with van der Waals surface area (Å²) in [6.07, 6.45) is 3.55. The topological polar surface area (TPSA) is 21.1 Å². The van der Waals surface area contributed by atoms with Gasteiger partial charge in [-0.1, -0.05) is 22.9 Å². The van der Waals surface area contributed by atoms with E-state index in [2.05, 4.69) is 50.5 Å². The number of fused-ring (bicyclic) bond motifs is 1. The minimum atomic E-state index is 0.616. The van der Waals surface area contributed by atoms with Crippen LogP contribution in [0.15, 0.2) is 22.7 Å². The van der Waals surface area contributed by atoms with Crippen molar-refractivity contribution >= 4 is 38.6 Å². The van der Waals surface area contributed by atoms with Gasteiger partial charge in [-0.2, -0.15) is 0 Å². The fourth-order valence-corrected chi connectivity index (χ4v) is 3.46. The van der Waals surface area contributed by atoms with Crippen LogP contribution in [0.25, 0.3) is 11.0 Å². The summed E-state index contributed by atoms with van der Waals surface area (Å²) in [5.74, 6) is 1.72. The van der Waals surface area contributed by atoms with Crippen LogP contribution in [-0.4, -0.2) is 39.5 Å². The molecule has 1 saturated carbocycles. The fraction of sp³-hybridized carbons (Fsp3) is 0.562. The first-order valence-electron chi connectivity index (χ1n) is 7.67. The normalized spacial score (nSPS) is 15.2. The molecule has 0 unspecified atom stereocenters. The molecule has 21 heavy (non-hydrogen) atoms. The van der Waals surface area contributed by atoms with Crippen LogP contribution in [0.4, 0.5) is 0 Å². The van der Waals surface area contributed by atoms with Crippen molar-refractivity contribution in [3.05, 3.63) is 28.5 Å². The molecule has 3 rings (SSSR count). The molecule has 1 fully saturated rings. The first-order chi connectivity index (χ1) is 10.2. The van der Waals surface area contributed by atoms with Gasteiger partial charge in [-0.25, -0.2) is 4.98 Å². The molecule has 2 aromatic rings. The van der Waals surface area contributed by atoms with Gasteiger partial charge in [-0.15, -0.1) is 11.6 Å². The number of aryl methyl sites for hydroxylation is 1. The summed E-state index contributed by atoms with van der Waals surface area (Å²) < 4.78 is 3.42. The van der Waals surface area contributed by atoms with Gasteiger partial charge in [0.15, 0.2) is 0 Å². The van der Waals surface area contributed by atoms with Crippen molar-refractivity contribution in [1.29, 1.82) is 0 Å². The molecule has 114 valence electrons. The van der Waals surface area contributed by atoms with Gasteiger partial charge in [-0.3, -0.25) is 4.90 Å². The third-order valence-corrected chi connectivity index (χ3v) is 4.87. The van der Waals surface area contributed by atoms with E-state index in [4.69, 9.17) is 16.6 Å². The van der Waals surface area contributed by atoms with Crippen molar-refractivity contribution in [2.24, 2.45) is 0 Å². The molecule has 0 N–H and O–H groups in total. The molecular formula is C16H21BrClN3. The van der Waals surface area contributed by atoms with Gasteiger partial charge in [0.2, 0.25) is 0 Å². The van der Waals surface area contributed by atoms with Crippen molar-refractivity contribution in [2.75, 3.05) is 19.0 Å². The van der Waals surface area contributed by atoms with Gasteiger partial charge >= 0.3 is 0 Å². The Balaban J connectivity index is 1.85. The van der Waals surface area contributed by atoms with Crippen LogP contribution >= 0.6 is 27.5 Å². The summed E-state index contributed by atoms with van der Waals surface area (Å²) in [6.45, 7) is 5.47. The van der Waals surface area contributed by atoms with E-state index >= 15 is 0 Å². The van der Waals surface area contributed by atoms with E-state index in [1.165, 1.54) is 18.4 Å². The van der Waals surface area contributed by atoms with Crippen LogP contribution in [0.5, 0.6) is 0 Å². The van der Waals surface area contributed by atoms with Gasteiger partial charge in [0.25, 0.3) is 0 Å². The Kier molecular flexibility index (Phi) is 4.87. The molecule has 1 aliphatic carbocycles. The summed E-state index contributed by atoms with van der Waals surface area (Å²) in [5, 5.41) is 0. The quantitative estimate of drug-likeness (QED) is 0.685. The number of hydrogen-bond donors (Lipinski definition) is 0. The van der Waals surface area contributed by atoms with Crippen molar-refractivity contribution in [3.63, 3.8) is 0 Å². The molecule has 0 amide bonds. The average Bonchev–Trinajstić information content (AvgIpc) is 3.24. The highest BCUT2D eigenvalue weighted by Gasteiger charge is 2.27. The molecule has 1 aromatic carbocycles. The molecular weight excluding hydrogens is 350 g/mol. The lowest BCUT2D eigenvalue weighted by Gasteiger charge is -2.20. The van der Waals surface area contributed by atoms with E-state index in [1.807, 2.05) is 0 Å². The Bertz CT molecular complexity index is 621. The zero-order valence-corrected chi connectivity index (χ0v) is 14.7. The number of halogens is 2. The Labute approximate surface area is 139 Å². The highest BCUT2D eigenvalue weighted by molar-refractivity contribution is 9.10. The number of benzene rings is 1. The molecule has 0 saturated heterocycles. The second kappa shape index (κ2) is 6.67. The van der Waals surface area contributed by atoms with E-state index < -0.39 is 0 Å². The summed E-state index contributed by atoms with van der Waals surface area (Å²) in [6, 6.07) is 7.14. The molecule has 5 heteroatoms.